The van der Waals surface area contributed by atoms with Crippen LogP contribution in [0.15, 0.2) is 22.6 Å². The first-order chi connectivity index (χ1) is 7.80. The number of rotatable bonds is 3. The molecule has 2 heteroatoms. The first-order valence-electron chi connectivity index (χ1n) is 5.74. The van der Waals surface area contributed by atoms with Crippen molar-refractivity contribution in [2.75, 3.05) is 0 Å². The lowest BCUT2D eigenvalue weighted by Gasteiger charge is -1.98. The molecule has 16 heavy (non-hydrogen) atoms. The van der Waals surface area contributed by atoms with Gasteiger partial charge >= 0.3 is 0 Å². The van der Waals surface area contributed by atoms with Gasteiger partial charge in [-0.3, -0.25) is 0 Å². The predicted molar refractivity (Wildman–Crippen MR) is 64.3 cm³/mol. The third-order valence-corrected chi connectivity index (χ3v) is 2.85. The summed E-state index contributed by atoms with van der Waals surface area (Å²) in [6.07, 6.45) is 3.05. The first-order valence-corrected chi connectivity index (χ1v) is 5.74. The van der Waals surface area contributed by atoms with E-state index < -0.39 is 0 Å². The molecule has 1 aromatic carbocycles. The molecule has 0 radical (unpaired) electrons. The van der Waals surface area contributed by atoms with Crippen LogP contribution >= 0.6 is 0 Å². The van der Waals surface area contributed by atoms with Crippen LogP contribution in [-0.4, -0.2) is 0 Å². The van der Waals surface area contributed by atoms with Gasteiger partial charge < -0.3 is 4.42 Å². The van der Waals surface area contributed by atoms with Crippen LogP contribution in [0.5, 0.6) is 0 Å². The van der Waals surface area contributed by atoms with Gasteiger partial charge in [-0.15, -0.1) is 0 Å². The third kappa shape index (κ3) is 1.69. The molecule has 82 valence electrons. The Balaban J connectivity index is 2.62. The summed E-state index contributed by atoms with van der Waals surface area (Å²) in [6, 6.07) is 8.33. The maximum Gasteiger partial charge on any atom is 0.207 e. The van der Waals surface area contributed by atoms with Crippen molar-refractivity contribution in [1.82, 2.24) is 0 Å². The summed E-state index contributed by atoms with van der Waals surface area (Å²) < 4.78 is 5.51. The van der Waals surface area contributed by atoms with Crippen LogP contribution in [0.1, 0.15) is 37.2 Å². The van der Waals surface area contributed by atoms with E-state index in [1.807, 2.05) is 6.07 Å². The summed E-state index contributed by atoms with van der Waals surface area (Å²) in [5, 5.41) is 10.1. The average Bonchev–Trinajstić information content (AvgIpc) is 2.66. The van der Waals surface area contributed by atoms with Crippen molar-refractivity contribution in [3.63, 3.8) is 0 Å². The first kappa shape index (κ1) is 10.8. The van der Waals surface area contributed by atoms with Crippen LogP contribution in [0, 0.1) is 11.3 Å². The smallest absolute Gasteiger partial charge is 0.207 e. The van der Waals surface area contributed by atoms with E-state index in [-0.39, 0.29) is 0 Å². The Kier molecular flexibility index (Phi) is 2.96. The van der Waals surface area contributed by atoms with E-state index in [1.165, 1.54) is 5.56 Å². The second-order valence-electron chi connectivity index (χ2n) is 3.96. The highest BCUT2D eigenvalue weighted by molar-refractivity contribution is 5.84. The van der Waals surface area contributed by atoms with Crippen molar-refractivity contribution in [3.05, 3.63) is 35.1 Å². The number of fused-ring (bicyclic) bond motifs is 1. The minimum Gasteiger partial charge on any atom is -0.445 e. The van der Waals surface area contributed by atoms with Crippen molar-refractivity contribution >= 4 is 11.0 Å². The number of aryl methyl sites for hydroxylation is 2. The minimum atomic E-state index is 0.464. The van der Waals surface area contributed by atoms with Gasteiger partial charge in [-0.2, -0.15) is 5.26 Å². The summed E-state index contributed by atoms with van der Waals surface area (Å²) >= 11 is 0. The number of hydrogen-bond donors (Lipinski definition) is 0. The lowest BCUT2D eigenvalue weighted by atomic mass is 10.0. The molecule has 0 aliphatic carbocycles. The summed E-state index contributed by atoms with van der Waals surface area (Å²) in [5.74, 6) is 0.464. The zero-order chi connectivity index (χ0) is 11.5. The maximum atomic E-state index is 8.98. The number of nitrogens with zero attached hydrogens (tertiary/aromatic N) is 1. The summed E-state index contributed by atoms with van der Waals surface area (Å²) in [4.78, 5) is 0. The molecule has 0 unspecified atom stereocenters. The molecule has 0 aliphatic rings. The van der Waals surface area contributed by atoms with E-state index in [0.717, 1.165) is 35.8 Å². The van der Waals surface area contributed by atoms with Crippen molar-refractivity contribution in [2.45, 2.75) is 33.1 Å². The predicted octanol–water partition coefficient (Wildman–Crippen LogP) is 3.82. The molecule has 2 aromatic rings. The maximum absolute atomic E-state index is 8.98. The fourth-order valence-corrected chi connectivity index (χ4v) is 2.08. The van der Waals surface area contributed by atoms with Gasteiger partial charge in [-0.05, 0) is 30.5 Å². The summed E-state index contributed by atoms with van der Waals surface area (Å²) in [6.45, 7) is 4.22. The topological polar surface area (TPSA) is 36.9 Å². The van der Waals surface area contributed by atoms with Gasteiger partial charge in [0.25, 0.3) is 0 Å². The molecule has 0 N–H and O–H groups in total. The molecule has 2 rings (SSSR count). The zero-order valence-corrected chi connectivity index (χ0v) is 9.71. The fraction of sp³-hybridized carbons (Fsp3) is 0.357. The third-order valence-electron chi connectivity index (χ3n) is 2.85. The Morgan fingerprint density at radius 3 is 2.75 bits per heavy atom. The second-order valence-corrected chi connectivity index (χ2v) is 3.96. The van der Waals surface area contributed by atoms with E-state index in [1.54, 1.807) is 0 Å². The minimum absolute atomic E-state index is 0.464. The van der Waals surface area contributed by atoms with E-state index >= 15 is 0 Å². The van der Waals surface area contributed by atoms with E-state index in [2.05, 4.69) is 32.0 Å². The molecule has 2 nitrogen and oxygen atoms in total. The SMILES string of the molecule is CCCc1ccc2oc(C#N)c(CC)c2c1. The molecule has 0 spiro atoms. The van der Waals surface area contributed by atoms with Gasteiger partial charge in [0.05, 0.1) is 0 Å². The molecular formula is C14H15NO. The van der Waals surface area contributed by atoms with E-state index in [9.17, 15) is 0 Å². The molecule has 1 aromatic heterocycles. The Morgan fingerprint density at radius 1 is 1.31 bits per heavy atom. The molecule has 1 heterocycles. The van der Waals surface area contributed by atoms with Gasteiger partial charge in [-0.1, -0.05) is 26.3 Å². The molecule has 0 bridgehead atoms. The fourth-order valence-electron chi connectivity index (χ4n) is 2.08. The highest BCUT2D eigenvalue weighted by Gasteiger charge is 2.12. The zero-order valence-electron chi connectivity index (χ0n) is 9.71. The van der Waals surface area contributed by atoms with Crippen molar-refractivity contribution < 1.29 is 4.42 Å². The molecule has 0 atom stereocenters. The van der Waals surface area contributed by atoms with Crippen molar-refractivity contribution in [2.24, 2.45) is 0 Å². The van der Waals surface area contributed by atoms with Crippen LogP contribution in [0.25, 0.3) is 11.0 Å². The van der Waals surface area contributed by atoms with Gasteiger partial charge in [0.1, 0.15) is 11.7 Å². The van der Waals surface area contributed by atoms with Crippen molar-refractivity contribution in [3.8, 4) is 6.07 Å². The number of hydrogen-bond acceptors (Lipinski definition) is 2. The van der Waals surface area contributed by atoms with Crippen molar-refractivity contribution in [1.29, 1.82) is 5.26 Å². The van der Waals surface area contributed by atoms with Crippen LogP contribution < -0.4 is 0 Å². The molecule has 0 saturated heterocycles. The highest BCUT2D eigenvalue weighted by atomic mass is 16.3. The average molecular weight is 213 g/mol. The Morgan fingerprint density at radius 2 is 2.12 bits per heavy atom. The van der Waals surface area contributed by atoms with Gasteiger partial charge in [0.2, 0.25) is 5.76 Å². The van der Waals surface area contributed by atoms with E-state index in [4.69, 9.17) is 9.68 Å². The summed E-state index contributed by atoms with van der Waals surface area (Å²) in [7, 11) is 0. The van der Waals surface area contributed by atoms with Crippen LogP contribution in [0.4, 0.5) is 0 Å². The molecule has 0 aliphatic heterocycles. The largest absolute Gasteiger partial charge is 0.445 e. The lowest BCUT2D eigenvalue weighted by molar-refractivity contribution is 0.594. The lowest BCUT2D eigenvalue weighted by Crippen LogP contribution is -1.84. The molecule has 0 fully saturated rings. The standard InChI is InChI=1S/C14H15NO/c1-3-5-10-6-7-13-12(8-10)11(4-2)14(9-15)16-13/h6-8H,3-5H2,1-2H3. The summed E-state index contributed by atoms with van der Waals surface area (Å²) in [5.41, 5.74) is 3.18. The molecule has 0 amide bonds. The highest BCUT2D eigenvalue weighted by Crippen LogP contribution is 2.27. The van der Waals surface area contributed by atoms with Gasteiger partial charge in [-0.25, -0.2) is 0 Å². The second kappa shape index (κ2) is 4.40. The number of furan rings is 1. The number of nitriles is 1. The Bertz CT molecular complexity index is 546. The molecule has 0 saturated carbocycles. The van der Waals surface area contributed by atoms with Gasteiger partial charge in [0.15, 0.2) is 0 Å². The number of benzene rings is 1. The molecular weight excluding hydrogens is 198 g/mol. The van der Waals surface area contributed by atoms with E-state index in [0.29, 0.717) is 5.76 Å². The quantitative estimate of drug-likeness (QED) is 0.777. The Hall–Kier alpha value is -1.75. The van der Waals surface area contributed by atoms with Gasteiger partial charge in [0, 0.05) is 10.9 Å². The monoisotopic (exact) mass is 213 g/mol. The van der Waals surface area contributed by atoms with Crippen LogP contribution in [0.2, 0.25) is 0 Å². The Labute approximate surface area is 95.5 Å². The normalized spacial score (nSPS) is 10.6. The van der Waals surface area contributed by atoms with Crippen LogP contribution in [-0.2, 0) is 12.8 Å². The van der Waals surface area contributed by atoms with Crippen LogP contribution in [0.3, 0.4) is 0 Å².